The van der Waals surface area contributed by atoms with E-state index in [0.717, 1.165) is 25.9 Å². The maximum atomic E-state index is 13.4. The van der Waals surface area contributed by atoms with Gasteiger partial charge < -0.3 is 19.1 Å². The number of nitrogens with zero attached hydrogens (tertiary/aromatic N) is 9. The van der Waals surface area contributed by atoms with Crippen LogP contribution in [-0.2, 0) is 17.8 Å². The van der Waals surface area contributed by atoms with Gasteiger partial charge in [-0.1, -0.05) is 0 Å². The first kappa shape index (κ1) is 28.5. The largest absolute Gasteiger partial charge is 0.486 e. The summed E-state index contributed by atoms with van der Waals surface area (Å²) in [7, 11) is 0. The highest BCUT2D eigenvalue weighted by atomic mass is 16.6. The predicted octanol–water partition coefficient (Wildman–Crippen LogP) is 2.44. The molecule has 0 unspecified atom stereocenters. The van der Waals surface area contributed by atoms with Crippen molar-refractivity contribution in [1.82, 2.24) is 44.1 Å². The number of hydrogen-bond acceptors (Lipinski definition) is 11. The summed E-state index contributed by atoms with van der Waals surface area (Å²) in [6.45, 7) is 9.47. The van der Waals surface area contributed by atoms with Gasteiger partial charge in [-0.05, 0) is 45.7 Å². The minimum atomic E-state index is -0.626. The number of ether oxygens (including phenoxy) is 3. The minimum absolute atomic E-state index is 0.0301. The molecule has 2 aliphatic rings. The molecule has 43 heavy (non-hydrogen) atoms. The van der Waals surface area contributed by atoms with Gasteiger partial charge in [-0.3, -0.25) is 19.2 Å². The molecular weight excluding hydrogens is 554 g/mol. The molecule has 1 amide bonds. The fourth-order valence-corrected chi connectivity index (χ4v) is 5.31. The van der Waals surface area contributed by atoms with Crippen LogP contribution in [0.1, 0.15) is 39.3 Å². The van der Waals surface area contributed by atoms with E-state index < -0.39 is 5.60 Å². The van der Waals surface area contributed by atoms with Crippen molar-refractivity contribution in [1.29, 1.82) is 0 Å². The lowest BCUT2D eigenvalue weighted by atomic mass is 10.0. The fourth-order valence-electron chi connectivity index (χ4n) is 5.31. The smallest absolute Gasteiger partial charge is 0.410 e. The van der Waals surface area contributed by atoms with E-state index in [9.17, 15) is 9.59 Å². The van der Waals surface area contributed by atoms with Gasteiger partial charge in [0, 0.05) is 38.3 Å². The number of likely N-dealkylation sites (tertiary alicyclic amines) is 1. The van der Waals surface area contributed by atoms with Crippen molar-refractivity contribution >= 4 is 17.3 Å². The Morgan fingerprint density at radius 1 is 1.07 bits per heavy atom. The summed E-state index contributed by atoms with van der Waals surface area (Å²) in [4.78, 5) is 47.7. The van der Waals surface area contributed by atoms with Crippen molar-refractivity contribution in [2.45, 2.75) is 58.3 Å². The highest BCUT2D eigenvalue weighted by Crippen LogP contribution is 2.30. The molecule has 6 heterocycles. The standard InChI is InChI=1S/C29H35N9O5/c1-29(2,3)43-28(40)37(17-20-14-23-24(15-31-20)42-13-12-41-23)21-6-8-35(9-7-21)10-11-36-26(39)16-32-22-4-5-25(34-27(22)36)38-19-30-18-33-38/h4-5,14-16,18-19,21H,6-13,17H2,1-3H3. The molecule has 0 bridgehead atoms. The Bertz CT molecular complexity index is 1640. The van der Waals surface area contributed by atoms with Gasteiger partial charge in [-0.15, -0.1) is 0 Å². The number of carbonyl (C=O) groups excluding carboxylic acids is 1. The molecular formula is C29H35N9O5. The van der Waals surface area contributed by atoms with Crippen molar-refractivity contribution < 1.29 is 19.0 Å². The van der Waals surface area contributed by atoms with Crippen LogP contribution < -0.4 is 15.0 Å². The Morgan fingerprint density at radius 2 is 1.86 bits per heavy atom. The molecule has 0 aliphatic carbocycles. The van der Waals surface area contributed by atoms with Crippen LogP contribution in [0, 0.1) is 0 Å². The third-order valence-corrected chi connectivity index (χ3v) is 7.41. The van der Waals surface area contributed by atoms with Gasteiger partial charge in [0.15, 0.2) is 23.0 Å². The molecule has 2 aliphatic heterocycles. The third-order valence-electron chi connectivity index (χ3n) is 7.41. The number of piperidine rings is 1. The summed E-state index contributed by atoms with van der Waals surface area (Å²) in [6, 6.07) is 5.42. The Balaban J connectivity index is 1.13. The summed E-state index contributed by atoms with van der Waals surface area (Å²) in [6.07, 6.45) is 7.11. The van der Waals surface area contributed by atoms with Crippen LogP contribution in [0.15, 0.2) is 48.0 Å². The average molecular weight is 590 g/mol. The maximum absolute atomic E-state index is 13.4. The second kappa shape index (κ2) is 12.0. The lowest BCUT2D eigenvalue weighted by molar-refractivity contribution is 0.00529. The molecule has 0 spiro atoms. The first-order chi connectivity index (χ1) is 20.7. The molecule has 0 radical (unpaired) electrons. The van der Waals surface area contributed by atoms with Gasteiger partial charge in [-0.2, -0.15) is 5.10 Å². The van der Waals surface area contributed by atoms with Crippen LogP contribution in [0.2, 0.25) is 0 Å². The van der Waals surface area contributed by atoms with Gasteiger partial charge in [0.1, 0.15) is 37.0 Å². The number of hydrogen-bond donors (Lipinski definition) is 0. The van der Waals surface area contributed by atoms with Gasteiger partial charge in [0.2, 0.25) is 0 Å². The van der Waals surface area contributed by atoms with E-state index in [4.69, 9.17) is 14.2 Å². The Hall–Kier alpha value is -4.59. The number of aromatic nitrogens is 7. The normalized spacial score (nSPS) is 15.9. The van der Waals surface area contributed by atoms with E-state index in [-0.39, 0.29) is 17.7 Å². The topological polar surface area (TPSA) is 143 Å². The molecule has 1 fully saturated rings. The van der Waals surface area contributed by atoms with Crippen LogP contribution in [0.5, 0.6) is 11.5 Å². The molecule has 0 N–H and O–H groups in total. The van der Waals surface area contributed by atoms with Crippen LogP contribution in [0.25, 0.3) is 17.0 Å². The van der Waals surface area contributed by atoms with Crippen LogP contribution in [0.3, 0.4) is 0 Å². The minimum Gasteiger partial charge on any atom is -0.486 e. The summed E-state index contributed by atoms with van der Waals surface area (Å²) in [5.74, 6) is 1.80. The van der Waals surface area contributed by atoms with E-state index >= 15 is 0 Å². The van der Waals surface area contributed by atoms with Gasteiger partial charge >= 0.3 is 6.09 Å². The van der Waals surface area contributed by atoms with Crippen LogP contribution in [-0.4, -0.2) is 94.7 Å². The van der Waals surface area contributed by atoms with Crippen molar-refractivity contribution in [3.05, 3.63) is 59.3 Å². The number of amides is 1. The highest BCUT2D eigenvalue weighted by Gasteiger charge is 2.32. The Labute approximate surface area is 248 Å². The van der Waals surface area contributed by atoms with Gasteiger partial charge in [-0.25, -0.2) is 24.4 Å². The fraction of sp³-hybridized carbons (Fsp3) is 0.483. The quantitative estimate of drug-likeness (QED) is 0.314. The molecule has 14 heteroatoms. The number of pyridine rings is 2. The Morgan fingerprint density at radius 3 is 2.60 bits per heavy atom. The van der Waals surface area contributed by atoms with E-state index in [1.54, 1.807) is 32.7 Å². The predicted molar refractivity (Wildman–Crippen MR) is 155 cm³/mol. The Kier molecular flexibility index (Phi) is 7.93. The second-order valence-electron chi connectivity index (χ2n) is 11.6. The first-order valence-corrected chi connectivity index (χ1v) is 14.4. The van der Waals surface area contributed by atoms with Gasteiger partial charge in [0.05, 0.1) is 24.6 Å². The zero-order valence-corrected chi connectivity index (χ0v) is 24.5. The zero-order valence-electron chi connectivity index (χ0n) is 24.5. The highest BCUT2D eigenvalue weighted by molar-refractivity contribution is 5.71. The van der Waals surface area contributed by atoms with E-state index in [1.807, 2.05) is 32.9 Å². The van der Waals surface area contributed by atoms with Crippen molar-refractivity contribution in [3.63, 3.8) is 0 Å². The average Bonchev–Trinajstić information content (AvgIpc) is 3.54. The zero-order chi connectivity index (χ0) is 30.0. The van der Waals surface area contributed by atoms with Gasteiger partial charge in [0.25, 0.3) is 5.56 Å². The summed E-state index contributed by atoms with van der Waals surface area (Å²) in [5.41, 5.74) is 0.993. The lowest BCUT2D eigenvalue weighted by Crippen LogP contribution is -2.49. The molecule has 4 aromatic heterocycles. The SMILES string of the molecule is CC(C)(C)OC(=O)N(Cc1cc2c(cn1)OCCO2)C1CCN(CCn2c(=O)cnc3ccc(-n4cncn4)nc32)CC1. The monoisotopic (exact) mass is 589 g/mol. The molecule has 1 saturated heterocycles. The van der Waals surface area contributed by atoms with Crippen molar-refractivity contribution in [2.75, 3.05) is 32.8 Å². The summed E-state index contributed by atoms with van der Waals surface area (Å²) in [5, 5.41) is 4.14. The molecule has 0 atom stereocenters. The van der Waals surface area contributed by atoms with E-state index in [0.29, 0.717) is 67.0 Å². The third kappa shape index (κ3) is 6.58. The molecule has 14 nitrogen and oxygen atoms in total. The summed E-state index contributed by atoms with van der Waals surface area (Å²) >= 11 is 0. The van der Waals surface area contributed by atoms with Crippen molar-refractivity contribution in [3.8, 4) is 17.3 Å². The van der Waals surface area contributed by atoms with Crippen LogP contribution in [0.4, 0.5) is 4.79 Å². The van der Waals surface area contributed by atoms with E-state index in [1.165, 1.54) is 12.5 Å². The van der Waals surface area contributed by atoms with Crippen LogP contribution >= 0.6 is 0 Å². The summed E-state index contributed by atoms with van der Waals surface area (Å²) < 4.78 is 20.3. The molecule has 0 saturated carbocycles. The number of carbonyl (C=O) groups is 1. The molecule has 0 aromatic carbocycles. The first-order valence-electron chi connectivity index (χ1n) is 14.4. The second-order valence-corrected chi connectivity index (χ2v) is 11.6. The number of rotatable bonds is 7. The molecule has 4 aromatic rings. The maximum Gasteiger partial charge on any atom is 0.410 e. The van der Waals surface area contributed by atoms with Crippen molar-refractivity contribution in [2.24, 2.45) is 0 Å². The lowest BCUT2D eigenvalue weighted by Gasteiger charge is -2.39. The number of fused-ring (bicyclic) bond motifs is 2. The molecule has 6 rings (SSSR count). The van der Waals surface area contributed by atoms with E-state index in [2.05, 4.69) is 29.9 Å². The molecule has 226 valence electrons.